The first kappa shape index (κ1) is 12.5. The number of carbonyl (C=O) groups is 1. The molecule has 0 aliphatic carbocycles. The van der Waals surface area contributed by atoms with Crippen molar-refractivity contribution in [2.45, 2.75) is 26.0 Å². The number of nitrogens with two attached hydrogens (primary N) is 1. The van der Waals surface area contributed by atoms with Crippen LogP contribution in [-0.4, -0.2) is 18.7 Å². The highest BCUT2D eigenvalue weighted by molar-refractivity contribution is 5.67. The molecule has 0 spiro atoms. The van der Waals surface area contributed by atoms with Crippen molar-refractivity contribution in [3.05, 3.63) is 35.9 Å². The summed E-state index contributed by atoms with van der Waals surface area (Å²) in [6.07, 6.45) is 0.352. The van der Waals surface area contributed by atoms with E-state index in [0.717, 1.165) is 12.0 Å². The van der Waals surface area contributed by atoms with Crippen LogP contribution in [0.25, 0.3) is 0 Å². The van der Waals surface area contributed by atoms with Gasteiger partial charge in [-0.25, -0.2) is 4.79 Å². The van der Waals surface area contributed by atoms with Gasteiger partial charge in [0.1, 0.15) is 6.61 Å². The second-order valence-electron chi connectivity index (χ2n) is 3.68. The van der Waals surface area contributed by atoms with Gasteiger partial charge in [0, 0.05) is 6.04 Å². The summed E-state index contributed by atoms with van der Waals surface area (Å²) in [5.74, 6) is 0. The maximum Gasteiger partial charge on any atom is 0.407 e. The summed E-state index contributed by atoms with van der Waals surface area (Å²) in [7, 11) is 0. The van der Waals surface area contributed by atoms with Gasteiger partial charge in [0.25, 0.3) is 0 Å². The number of ether oxygens (including phenoxy) is 1. The summed E-state index contributed by atoms with van der Waals surface area (Å²) >= 11 is 0. The van der Waals surface area contributed by atoms with E-state index in [1.54, 1.807) is 0 Å². The van der Waals surface area contributed by atoms with Crippen LogP contribution >= 0.6 is 0 Å². The highest BCUT2D eigenvalue weighted by Gasteiger charge is 2.06. The Morgan fingerprint density at radius 3 is 2.75 bits per heavy atom. The Morgan fingerprint density at radius 1 is 1.44 bits per heavy atom. The minimum Gasteiger partial charge on any atom is -0.445 e. The van der Waals surface area contributed by atoms with Gasteiger partial charge >= 0.3 is 6.09 Å². The lowest BCUT2D eigenvalue weighted by atomic mass is 10.2. The summed E-state index contributed by atoms with van der Waals surface area (Å²) in [5.41, 5.74) is 6.35. The molecule has 0 bridgehead atoms. The second kappa shape index (κ2) is 6.85. The van der Waals surface area contributed by atoms with Crippen LogP contribution < -0.4 is 11.1 Å². The first-order chi connectivity index (χ1) is 7.72. The lowest BCUT2D eigenvalue weighted by Gasteiger charge is -2.12. The Kier molecular flexibility index (Phi) is 5.36. The minimum atomic E-state index is -0.398. The Bertz CT molecular complexity index is 314. The number of rotatable bonds is 5. The van der Waals surface area contributed by atoms with Crippen molar-refractivity contribution in [2.24, 2.45) is 5.73 Å². The van der Waals surface area contributed by atoms with Gasteiger partial charge in [0.2, 0.25) is 0 Å². The molecule has 1 atom stereocenters. The molecular formula is C12H18N2O2. The fourth-order valence-electron chi connectivity index (χ4n) is 1.29. The average Bonchev–Trinajstić information content (AvgIpc) is 2.28. The van der Waals surface area contributed by atoms with Crippen molar-refractivity contribution < 1.29 is 9.53 Å². The van der Waals surface area contributed by atoms with Gasteiger partial charge < -0.3 is 15.8 Å². The van der Waals surface area contributed by atoms with Gasteiger partial charge in [0.05, 0.1) is 0 Å². The monoisotopic (exact) mass is 222 g/mol. The minimum absolute atomic E-state index is 0.0493. The van der Waals surface area contributed by atoms with Crippen molar-refractivity contribution >= 4 is 6.09 Å². The van der Waals surface area contributed by atoms with E-state index >= 15 is 0 Å². The first-order valence-electron chi connectivity index (χ1n) is 5.39. The molecule has 4 nitrogen and oxygen atoms in total. The summed E-state index contributed by atoms with van der Waals surface area (Å²) in [6, 6.07) is 9.62. The van der Waals surface area contributed by atoms with Crippen molar-refractivity contribution in [3.63, 3.8) is 0 Å². The predicted octanol–water partition coefficient (Wildman–Crippen LogP) is 1.65. The molecule has 0 aliphatic heterocycles. The molecule has 1 rings (SSSR count). The van der Waals surface area contributed by atoms with E-state index in [4.69, 9.17) is 10.5 Å². The van der Waals surface area contributed by atoms with Crippen molar-refractivity contribution in [2.75, 3.05) is 6.54 Å². The number of nitrogens with one attached hydrogen (secondary N) is 1. The number of hydrogen-bond donors (Lipinski definition) is 2. The smallest absolute Gasteiger partial charge is 0.407 e. The molecule has 88 valence electrons. The average molecular weight is 222 g/mol. The number of alkyl carbamates (subject to hydrolysis) is 1. The zero-order chi connectivity index (χ0) is 11.8. The zero-order valence-electron chi connectivity index (χ0n) is 9.48. The summed E-state index contributed by atoms with van der Waals surface area (Å²) in [5, 5.41) is 2.71. The van der Waals surface area contributed by atoms with Crippen molar-refractivity contribution in [1.29, 1.82) is 0 Å². The maximum atomic E-state index is 11.3. The molecule has 3 N–H and O–H groups in total. The van der Waals surface area contributed by atoms with Crippen LogP contribution in [0.3, 0.4) is 0 Å². The summed E-state index contributed by atoms with van der Waals surface area (Å²) in [6.45, 7) is 2.75. The molecule has 16 heavy (non-hydrogen) atoms. The Labute approximate surface area is 95.8 Å². The number of benzene rings is 1. The summed E-state index contributed by atoms with van der Waals surface area (Å²) in [4.78, 5) is 11.3. The van der Waals surface area contributed by atoms with Gasteiger partial charge in [-0.1, -0.05) is 30.3 Å². The van der Waals surface area contributed by atoms with Crippen LogP contribution in [0, 0.1) is 0 Å². The molecule has 0 saturated carbocycles. The molecule has 1 amide bonds. The topological polar surface area (TPSA) is 64.3 Å². The SMILES string of the molecule is C[C@H](CCN)NC(=O)OCc1ccccc1. The maximum absolute atomic E-state index is 11.3. The number of hydrogen-bond acceptors (Lipinski definition) is 3. The first-order valence-corrected chi connectivity index (χ1v) is 5.39. The van der Waals surface area contributed by atoms with E-state index < -0.39 is 6.09 Å². The van der Waals surface area contributed by atoms with E-state index in [9.17, 15) is 4.79 Å². The van der Waals surface area contributed by atoms with Gasteiger partial charge in [-0.3, -0.25) is 0 Å². The van der Waals surface area contributed by atoms with E-state index in [-0.39, 0.29) is 6.04 Å². The van der Waals surface area contributed by atoms with Crippen LogP contribution in [0.5, 0.6) is 0 Å². The molecule has 0 saturated heterocycles. The van der Waals surface area contributed by atoms with Crippen molar-refractivity contribution in [3.8, 4) is 0 Å². The van der Waals surface area contributed by atoms with Gasteiger partial charge in [-0.15, -0.1) is 0 Å². The fraction of sp³-hybridized carbons (Fsp3) is 0.417. The lowest BCUT2D eigenvalue weighted by Crippen LogP contribution is -2.34. The van der Waals surface area contributed by atoms with Crippen molar-refractivity contribution in [1.82, 2.24) is 5.32 Å². The second-order valence-corrected chi connectivity index (χ2v) is 3.68. The third-order valence-electron chi connectivity index (χ3n) is 2.18. The molecule has 4 heteroatoms. The van der Waals surface area contributed by atoms with E-state index in [0.29, 0.717) is 13.2 Å². The van der Waals surface area contributed by atoms with Crippen LogP contribution in [0.1, 0.15) is 18.9 Å². The fourth-order valence-corrected chi connectivity index (χ4v) is 1.29. The third-order valence-corrected chi connectivity index (χ3v) is 2.18. The highest BCUT2D eigenvalue weighted by atomic mass is 16.5. The Hall–Kier alpha value is -1.55. The third kappa shape index (κ3) is 4.79. The zero-order valence-corrected chi connectivity index (χ0v) is 9.48. The van der Waals surface area contributed by atoms with E-state index in [1.165, 1.54) is 0 Å². The van der Waals surface area contributed by atoms with Gasteiger partial charge in [-0.05, 0) is 25.5 Å². The molecule has 0 aliphatic rings. The van der Waals surface area contributed by atoms with Crippen LogP contribution in [0.15, 0.2) is 30.3 Å². The molecule has 0 heterocycles. The Morgan fingerprint density at radius 2 is 2.12 bits per heavy atom. The molecule has 0 aromatic heterocycles. The molecule has 1 aromatic carbocycles. The standard InChI is InChI=1S/C12H18N2O2/c1-10(7-8-13)14-12(15)16-9-11-5-3-2-4-6-11/h2-6,10H,7-9,13H2,1H3,(H,14,15)/t10-/m1/s1. The quantitative estimate of drug-likeness (QED) is 0.796. The molecule has 0 unspecified atom stereocenters. The Balaban J connectivity index is 2.25. The summed E-state index contributed by atoms with van der Waals surface area (Å²) < 4.78 is 5.05. The van der Waals surface area contributed by atoms with Crippen LogP contribution in [0.2, 0.25) is 0 Å². The highest BCUT2D eigenvalue weighted by Crippen LogP contribution is 2.00. The van der Waals surface area contributed by atoms with Crippen LogP contribution in [-0.2, 0) is 11.3 Å². The van der Waals surface area contributed by atoms with E-state index in [1.807, 2.05) is 37.3 Å². The molecule has 0 fully saturated rings. The number of carbonyl (C=O) groups excluding carboxylic acids is 1. The normalized spacial score (nSPS) is 11.9. The molecule has 0 radical (unpaired) electrons. The molecule has 1 aromatic rings. The largest absolute Gasteiger partial charge is 0.445 e. The van der Waals surface area contributed by atoms with Gasteiger partial charge in [0.15, 0.2) is 0 Å². The number of amides is 1. The molecular weight excluding hydrogens is 204 g/mol. The lowest BCUT2D eigenvalue weighted by molar-refractivity contribution is 0.136. The van der Waals surface area contributed by atoms with E-state index in [2.05, 4.69) is 5.32 Å². The van der Waals surface area contributed by atoms with Crippen LogP contribution in [0.4, 0.5) is 4.79 Å². The van der Waals surface area contributed by atoms with Gasteiger partial charge in [-0.2, -0.15) is 0 Å². The predicted molar refractivity (Wildman–Crippen MR) is 62.9 cm³/mol.